The Hall–Kier alpha value is -2.56. The van der Waals surface area contributed by atoms with Gasteiger partial charge in [0.05, 0.1) is 6.61 Å². The van der Waals surface area contributed by atoms with Gasteiger partial charge in [0.2, 0.25) is 0 Å². The Morgan fingerprint density at radius 2 is 2.00 bits per heavy atom. The van der Waals surface area contributed by atoms with Crippen molar-refractivity contribution in [3.05, 3.63) is 58.7 Å². The predicted molar refractivity (Wildman–Crippen MR) is 101 cm³/mol. The molecule has 5 heteroatoms. The average Bonchev–Trinajstić information content (AvgIpc) is 3.04. The maximum absolute atomic E-state index is 12.0. The Kier molecular flexibility index (Phi) is 4.53. The van der Waals surface area contributed by atoms with E-state index >= 15 is 0 Å². The van der Waals surface area contributed by atoms with E-state index in [9.17, 15) is 4.79 Å². The molecule has 5 nitrogen and oxygen atoms in total. The highest BCUT2D eigenvalue weighted by atomic mass is 16.6. The molecule has 0 N–H and O–H groups in total. The standard InChI is InChI=1S/C21H25N3O2/c1-3-26-21(25)24-11-7-17(8-12-24)19-18-14-15(2)4-5-16(18)6-10-23-13-9-22-20(19)23/h4-5,9,13-14H,3,6-8,10-12H2,1-2H3. The van der Waals surface area contributed by atoms with Crippen LogP contribution in [0.15, 0.2) is 36.2 Å². The highest BCUT2D eigenvalue weighted by Crippen LogP contribution is 2.36. The largest absolute Gasteiger partial charge is 0.450 e. The zero-order chi connectivity index (χ0) is 18.1. The quantitative estimate of drug-likeness (QED) is 0.785. The maximum Gasteiger partial charge on any atom is 0.409 e. The van der Waals surface area contributed by atoms with Gasteiger partial charge in [-0.05, 0) is 44.2 Å². The number of hydrogen-bond donors (Lipinski definition) is 0. The zero-order valence-corrected chi connectivity index (χ0v) is 15.5. The van der Waals surface area contributed by atoms with E-state index in [2.05, 4.69) is 40.9 Å². The summed E-state index contributed by atoms with van der Waals surface area (Å²) in [6, 6.07) is 6.74. The van der Waals surface area contributed by atoms with E-state index in [0.29, 0.717) is 19.7 Å². The zero-order valence-electron chi connectivity index (χ0n) is 15.5. The molecule has 0 unspecified atom stereocenters. The van der Waals surface area contributed by atoms with Crippen molar-refractivity contribution in [3.8, 4) is 0 Å². The fourth-order valence-corrected chi connectivity index (χ4v) is 3.99. The number of piperidine rings is 1. The second-order valence-corrected chi connectivity index (χ2v) is 7.02. The van der Waals surface area contributed by atoms with Crippen LogP contribution in [0.1, 0.15) is 42.3 Å². The monoisotopic (exact) mass is 351 g/mol. The summed E-state index contributed by atoms with van der Waals surface area (Å²) < 4.78 is 7.41. The molecule has 3 heterocycles. The molecule has 0 aliphatic carbocycles. The number of carbonyl (C=O) groups is 1. The summed E-state index contributed by atoms with van der Waals surface area (Å²) in [5, 5.41) is 0. The third-order valence-corrected chi connectivity index (χ3v) is 5.34. The molecule has 1 amide bonds. The van der Waals surface area contributed by atoms with E-state index in [1.807, 2.05) is 18.0 Å². The molecule has 0 bridgehead atoms. The molecular weight excluding hydrogens is 326 g/mol. The van der Waals surface area contributed by atoms with Gasteiger partial charge < -0.3 is 14.2 Å². The Balaban J connectivity index is 1.74. The summed E-state index contributed by atoms with van der Waals surface area (Å²) in [5.41, 5.74) is 6.64. The van der Waals surface area contributed by atoms with Crippen LogP contribution in [0.5, 0.6) is 0 Å². The average molecular weight is 351 g/mol. The van der Waals surface area contributed by atoms with E-state index in [0.717, 1.165) is 31.6 Å². The SMILES string of the molecule is CCOC(=O)N1CCC(=C2c3cc(C)ccc3CCn3ccnc32)CC1. The summed E-state index contributed by atoms with van der Waals surface area (Å²) >= 11 is 0. The van der Waals surface area contributed by atoms with Crippen molar-refractivity contribution in [2.24, 2.45) is 0 Å². The van der Waals surface area contributed by atoms with Crippen LogP contribution < -0.4 is 0 Å². The second-order valence-electron chi connectivity index (χ2n) is 7.02. The van der Waals surface area contributed by atoms with Crippen molar-refractivity contribution in [1.29, 1.82) is 0 Å². The van der Waals surface area contributed by atoms with E-state index in [4.69, 9.17) is 4.74 Å². The molecule has 0 spiro atoms. The van der Waals surface area contributed by atoms with Gasteiger partial charge in [-0.2, -0.15) is 0 Å². The summed E-state index contributed by atoms with van der Waals surface area (Å²) in [6.45, 7) is 6.78. The highest BCUT2D eigenvalue weighted by molar-refractivity contribution is 5.82. The number of fused-ring (bicyclic) bond motifs is 2. The number of rotatable bonds is 1. The molecule has 2 aliphatic rings. The number of carbonyl (C=O) groups excluding carboxylic acids is 1. The molecule has 136 valence electrons. The molecule has 1 aromatic heterocycles. The number of aryl methyl sites for hydroxylation is 3. The Labute approximate surface area is 154 Å². The normalized spacial score (nSPS) is 16.8. The predicted octanol–water partition coefficient (Wildman–Crippen LogP) is 3.80. The minimum Gasteiger partial charge on any atom is -0.450 e. The molecule has 0 atom stereocenters. The Morgan fingerprint density at radius 3 is 2.77 bits per heavy atom. The number of hydrogen-bond acceptors (Lipinski definition) is 3. The van der Waals surface area contributed by atoms with Crippen molar-refractivity contribution in [2.75, 3.05) is 19.7 Å². The van der Waals surface area contributed by atoms with Crippen LogP contribution in [0.25, 0.3) is 5.57 Å². The van der Waals surface area contributed by atoms with Gasteiger partial charge in [0.1, 0.15) is 5.82 Å². The Morgan fingerprint density at radius 1 is 1.19 bits per heavy atom. The first-order valence-electron chi connectivity index (χ1n) is 9.42. The molecule has 2 aromatic rings. The molecule has 0 saturated carbocycles. The van der Waals surface area contributed by atoms with Crippen LogP contribution in [0.2, 0.25) is 0 Å². The van der Waals surface area contributed by atoms with Gasteiger partial charge in [-0.25, -0.2) is 9.78 Å². The first-order chi connectivity index (χ1) is 12.7. The van der Waals surface area contributed by atoms with Crippen LogP contribution in [0, 0.1) is 6.92 Å². The van der Waals surface area contributed by atoms with Gasteiger partial charge in [-0.3, -0.25) is 0 Å². The van der Waals surface area contributed by atoms with Crippen LogP contribution in [-0.2, 0) is 17.7 Å². The minimum atomic E-state index is -0.199. The fourth-order valence-electron chi connectivity index (χ4n) is 3.99. The molecular formula is C21H25N3O2. The van der Waals surface area contributed by atoms with Gasteiger partial charge in [0, 0.05) is 37.6 Å². The number of aromatic nitrogens is 2. The number of imidazole rings is 1. The lowest BCUT2D eigenvalue weighted by molar-refractivity contribution is 0.104. The third kappa shape index (κ3) is 3.02. The van der Waals surface area contributed by atoms with Gasteiger partial charge in [0.25, 0.3) is 0 Å². The molecule has 26 heavy (non-hydrogen) atoms. The first-order valence-corrected chi connectivity index (χ1v) is 9.42. The molecule has 0 radical (unpaired) electrons. The van der Waals surface area contributed by atoms with E-state index < -0.39 is 0 Å². The van der Waals surface area contributed by atoms with Crippen LogP contribution in [0.3, 0.4) is 0 Å². The second kappa shape index (κ2) is 6.98. The number of likely N-dealkylation sites (tertiary alicyclic amines) is 1. The van der Waals surface area contributed by atoms with Gasteiger partial charge in [0.15, 0.2) is 0 Å². The van der Waals surface area contributed by atoms with Crippen molar-refractivity contribution < 1.29 is 9.53 Å². The number of ether oxygens (including phenoxy) is 1. The fraction of sp³-hybridized carbons (Fsp3) is 0.429. The van der Waals surface area contributed by atoms with Crippen LogP contribution >= 0.6 is 0 Å². The van der Waals surface area contributed by atoms with Gasteiger partial charge >= 0.3 is 6.09 Å². The number of nitrogens with zero attached hydrogens (tertiary/aromatic N) is 3. The lowest BCUT2D eigenvalue weighted by Gasteiger charge is -2.29. The summed E-state index contributed by atoms with van der Waals surface area (Å²) in [4.78, 5) is 18.5. The highest BCUT2D eigenvalue weighted by Gasteiger charge is 2.26. The van der Waals surface area contributed by atoms with E-state index in [1.54, 1.807) is 0 Å². The summed E-state index contributed by atoms with van der Waals surface area (Å²) in [7, 11) is 0. The van der Waals surface area contributed by atoms with Gasteiger partial charge in [-0.15, -0.1) is 0 Å². The smallest absolute Gasteiger partial charge is 0.409 e. The lowest BCUT2D eigenvalue weighted by Crippen LogP contribution is -2.37. The van der Waals surface area contributed by atoms with Crippen molar-refractivity contribution >= 4 is 11.7 Å². The van der Waals surface area contributed by atoms with E-state index in [1.165, 1.54) is 27.8 Å². The van der Waals surface area contributed by atoms with Crippen LogP contribution in [0.4, 0.5) is 4.79 Å². The van der Waals surface area contributed by atoms with Crippen molar-refractivity contribution in [1.82, 2.24) is 14.5 Å². The molecule has 1 saturated heterocycles. The van der Waals surface area contributed by atoms with Gasteiger partial charge in [-0.1, -0.05) is 29.3 Å². The molecule has 4 rings (SSSR count). The first kappa shape index (κ1) is 16.9. The van der Waals surface area contributed by atoms with Crippen LogP contribution in [-0.4, -0.2) is 40.2 Å². The third-order valence-electron chi connectivity index (χ3n) is 5.34. The molecule has 2 aliphatic heterocycles. The summed E-state index contributed by atoms with van der Waals surface area (Å²) in [6.07, 6.45) is 6.52. The van der Waals surface area contributed by atoms with E-state index in [-0.39, 0.29) is 6.09 Å². The Bertz CT molecular complexity index is 856. The minimum absolute atomic E-state index is 0.199. The molecule has 1 fully saturated rings. The number of amides is 1. The summed E-state index contributed by atoms with van der Waals surface area (Å²) in [5.74, 6) is 1.06. The molecule has 1 aromatic carbocycles. The van der Waals surface area contributed by atoms with Crippen molar-refractivity contribution in [3.63, 3.8) is 0 Å². The maximum atomic E-state index is 12.0. The van der Waals surface area contributed by atoms with Crippen molar-refractivity contribution in [2.45, 2.75) is 39.7 Å². The lowest BCUT2D eigenvalue weighted by atomic mass is 9.89. The number of benzene rings is 1. The topological polar surface area (TPSA) is 47.4 Å².